The first-order valence-corrected chi connectivity index (χ1v) is 10.4. The Labute approximate surface area is 179 Å². The van der Waals surface area contributed by atoms with Gasteiger partial charge >= 0.3 is 0 Å². The minimum absolute atomic E-state index is 0.0889. The van der Waals surface area contributed by atoms with Crippen LogP contribution in [-0.4, -0.2) is 15.9 Å². The van der Waals surface area contributed by atoms with Gasteiger partial charge < -0.3 is 0 Å². The van der Waals surface area contributed by atoms with Crippen molar-refractivity contribution in [3.63, 3.8) is 0 Å². The van der Waals surface area contributed by atoms with Crippen LogP contribution in [0.4, 0.5) is 5.13 Å². The number of benzene rings is 2. The number of halogens is 2. The highest BCUT2D eigenvalue weighted by Gasteiger charge is 2.23. The Kier molecular flexibility index (Phi) is 5.38. The number of aromatic nitrogens is 2. The first-order chi connectivity index (χ1) is 13.1. The highest BCUT2D eigenvalue weighted by Crippen LogP contribution is 2.32. The molecule has 2 aromatic carbocycles. The molecular formula is C20H13ClIN3OS. The topological polar surface area (TPSA) is 46.1 Å². The minimum atomic E-state index is -0.0889. The van der Waals surface area contributed by atoms with E-state index in [0.717, 1.165) is 19.4 Å². The van der Waals surface area contributed by atoms with Crippen molar-refractivity contribution >= 4 is 66.8 Å². The molecule has 27 heavy (non-hydrogen) atoms. The number of fused-ring (bicyclic) bond motifs is 1. The number of hydrogen-bond acceptors (Lipinski definition) is 4. The summed E-state index contributed by atoms with van der Waals surface area (Å²) in [5.74, 6) is -0.0889. The molecule has 0 radical (unpaired) electrons. The summed E-state index contributed by atoms with van der Waals surface area (Å²) in [5.41, 5.74) is 2.42. The van der Waals surface area contributed by atoms with Gasteiger partial charge in [-0.1, -0.05) is 41.1 Å². The molecule has 0 saturated carbocycles. The van der Waals surface area contributed by atoms with Gasteiger partial charge in [-0.25, -0.2) is 4.98 Å². The largest absolute Gasteiger partial charge is 0.279 e. The zero-order valence-corrected chi connectivity index (χ0v) is 17.7. The zero-order valence-electron chi connectivity index (χ0n) is 14.0. The average Bonchev–Trinajstić information content (AvgIpc) is 3.09. The fourth-order valence-electron chi connectivity index (χ4n) is 2.68. The summed E-state index contributed by atoms with van der Waals surface area (Å²) in [6.45, 7) is 0.394. The average molecular weight is 506 g/mol. The Hall–Kier alpha value is -2.03. The van der Waals surface area contributed by atoms with Crippen LogP contribution >= 0.6 is 45.5 Å². The Bertz CT molecular complexity index is 1120. The van der Waals surface area contributed by atoms with Crippen molar-refractivity contribution in [2.45, 2.75) is 6.54 Å². The Morgan fingerprint density at radius 1 is 1.15 bits per heavy atom. The van der Waals surface area contributed by atoms with E-state index in [-0.39, 0.29) is 5.91 Å². The van der Waals surface area contributed by atoms with E-state index in [0.29, 0.717) is 22.3 Å². The van der Waals surface area contributed by atoms with Crippen LogP contribution in [0, 0.1) is 3.57 Å². The predicted molar refractivity (Wildman–Crippen MR) is 119 cm³/mol. The van der Waals surface area contributed by atoms with Gasteiger partial charge in [-0.05, 0) is 64.6 Å². The van der Waals surface area contributed by atoms with Crippen LogP contribution < -0.4 is 4.90 Å². The third-order valence-electron chi connectivity index (χ3n) is 3.98. The van der Waals surface area contributed by atoms with Crippen molar-refractivity contribution < 1.29 is 4.79 Å². The van der Waals surface area contributed by atoms with E-state index in [1.807, 2.05) is 48.5 Å². The van der Waals surface area contributed by atoms with E-state index in [1.54, 1.807) is 23.4 Å². The number of carbonyl (C=O) groups excluding carboxylic acids is 1. The van der Waals surface area contributed by atoms with Gasteiger partial charge in [0.25, 0.3) is 5.91 Å². The maximum atomic E-state index is 13.4. The van der Waals surface area contributed by atoms with E-state index in [2.05, 4.69) is 32.6 Å². The second-order valence-electron chi connectivity index (χ2n) is 5.84. The summed E-state index contributed by atoms with van der Waals surface area (Å²) in [4.78, 5) is 23.9. The van der Waals surface area contributed by atoms with Crippen LogP contribution in [0.15, 0.2) is 67.0 Å². The molecule has 4 aromatic rings. The van der Waals surface area contributed by atoms with Crippen LogP contribution in [0.3, 0.4) is 0 Å². The fourth-order valence-corrected chi connectivity index (χ4v) is 4.54. The Morgan fingerprint density at radius 3 is 2.78 bits per heavy atom. The van der Waals surface area contributed by atoms with Crippen LogP contribution in [-0.2, 0) is 6.54 Å². The summed E-state index contributed by atoms with van der Waals surface area (Å²) < 4.78 is 1.85. The maximum Gasteiger partial charge on any atom is 0.261 e. The van der Waals surface area contributed by atoms with Crippen molar-refractivity contribution in [1.29, 1.82) is 0 Å². The molecule has 2 aromatic heterocycles. The molecule has 4 nitrogen and oxygen atoms in total. The molecule has 2 heterocycles. The number of nitrogens with zero attached hydrogens (tertiary/aromatic N) is 3. The first kappa shape index (κ1) is 18.3. The highest BCUT2D eigenvalue weighted by molar-refractivity contribution is 14.1. The number of thiazole rings is 1. The molecule has 0 atom stereocenters. The number of amides is 1. The number of hydrogen-bond donors (Lipinski definition) is 0. The van der Waals surface area contributed by atoms with E-state index in [9.17, 15) is 4.79 Å². The molecule has 0 N–H and O–H groups in total. The smallest absolute Gasteiger partial charge is 0.261 e. The summed E-state index contributed by atoms with van der Waals surface area (Å²) in [6, 6.07) is 16.9. The van der Waals surface area contributed by atoms with Gasteiger partial charge in [-0.2, -0.15) is 0 Å². The number of rotatable bonds is 4. The van der Waals surface area contributed by atoms with E-state index < -0.39 is 0 Å². The van der Waals surface area contributed by atoms with Crippen molar-refractivity contribution in [2.24, 2.45) is 0 Å². The molecule has 0 unspecified atom stereocenters. The van der Waals surface area contributed by atoms with Gasteiger partial charge in [-0.15, -0.1) is 0 Å². The van der Waals surface area contributed by atoms with Crippen LogP contribution in [0.1, 0.15) is 15.9 Å². The number of carbonyl (C=O) groups is 1. The van der Waals surface area contributed by atoms with Crippen molar-refractivity contribution in [1.82, 2.24) is 9.97 Å². The lowest BCUT2D eigenvalue weighted by atomic mass is 10.2. The van der Waals surface area contributed by atoms with Crippen molar-refractivity contribution in [3.05, 3.63) is 86.7 Å². The quantitative estimate of drug-likeness (QED) is 0.330. The monoisotopic (exact) mass is 505 g/mol. The van der Waals surface area contributed by atoms with E-state index >= 15 is 0 Å². The van der Waals surface area contributed by atoms with E-state index in [4.69, 9.17) is 11.6 Å². The molecule has 0 saturated heterocycles. The summed E-state index contributed by atoms with van der Waals surface area (Å²) >= 11 is 9.74. The molecule has 0 aliphatic heterocycles. The summed E-state index contributed by atoms with van der Waals surface area (Å²) in [5, 5.41) is 1.29. The second-order valence-corrected chi connectivity index (χ2v) is 8.45. The summed E-state index contributed by atoms with van der Waals surface area (Å²) in [7, 11) is 0. The molecule has 0 spiro atoms. The van der Waals surface area contributed by atoms with Gasteiger partial charge in [0.1, 0.15) is 0 Å². The zero-order chi connectivity index (χ0) is 18.8. The van der Waals surface area contributed by atoms with Gasteiger partial charge in [0.15, 0.2) is 5.13 Å². The fraction of sp³-hybridized carbons (Fsp3) is 0.0500. The number of anilines is 1. The van der Waals surface area contributed by atoms with Crippen LogP contribution in [0.25, 0.3) is 10.2 Å². The molecule has 0 bridgehead atoms. The minimum Gasteiger partial charge on any atom is -0.279 e. The standard InChI is InChI=1S/C20H13ClIN3OS/c21-14-7-8-17-18(10-14)27-20(24-17)25(12-13-4-3-9-23-11-13)19(26)15-5-1-2-6-16(15)22/h1-11H,12H2. The third kappa shape index (κ3) is 3.97. The molecule has 0 aliphatic rings. The lowest BCUT2D eigenvalue weighted by molar-refractivity contribution is 0.0984. The molecule has 1 amide bonds. The van der Waals surface area contributed by atoms with Gasteiger partial charge in [0.05, 0.1) is 22.3 Å². The molecule has 134 valence electrons. The number of pyridine rings is 1. The van der Waals surface area contributed by atoms with Gasteiger partial charge in [0, 0.05) is 21.0 Å². The Balaban J connectivity index is 1.79. The van der Waals surface area contributed by atoms with Gasteiger partial charge in [-0.3, -0.25) is 14.7 Å². The van der Waals surface area contributed by atoms with Crippen molar-refractivity contribution in [3.8, 4) is 0 Å². The molecule has 0 aliphatic carbocycles. The highest BCUT2D eigenvalue weighted by atomic mass is 127. The summed E-state index contributed by atoms with van der Waals surface area (Å²) in [6.07, 6.45) is 3.48. The molecule has 4 rings (SSSR count). The SMILES string of the molecule is O=C(c1ccccc1I)N(Cc1cccnc1)c1nc2ccc(Cl)cc2s1. The normalized spacial score (nSPS) is 10.9. The predicted octanol–water partition coefficient (Wildman–Crippen LogP) is 5.80. The second kappa shape index (κ2) is 7.92. The third-order valence-corrected chi connectivity index (χ3v) is 6.20. The van der Waals surface area contributed by atoms with E-state index in [1.165, 1.54) is 11.3 Å². The van der Waals surface area contributed by atoms with Crippen LogP contribution in [0.5, 0.6) is 0 Å². The first-order valence-electron chi connectivity index (χ1n) is 8.13. The lowest BCUT2D eigenvalue weighted by Crippen LogP contribution is -2.31. The molecular weight excluding hydrogens is 493 g/mol. The van der Waals surface area contributed by atoms with Crippen molar-refractivity contribution in [2.75, 3.05) is 4.90 Å². The lowest BCUT2D eigenvalue weighted by Gasteiger charge is -2.20. The molecule has 7 heteroatoms. The Morgan fingerprint density at radius 2 is 2.00 bits per heavy atom. The van der Waals surface area contributed by atoms with Crippen LogP contribution in [0.2, 0.25) is 5.02 Å². The van der Waals surface area contributed by atoms with Gasteiger partial charge in [0.2, 0.25) is 0 Å². The maximum absolute atomic E-state index is 13.4. The molecule has 0 fully saturated rings.